The van der Waals surface area contributed by atoms with Gasteiger partial charge in [0.2, 0.25) is 0 Å². The van der Waals surface area contributed by atoms with E-state index in [0.29, 0.717) is 19.3 Å². The van der Waals surface area contributed by atoms with Crippen molar-refractivity contribution in [3.05, 3.63) is 85.1 Å². The number of carbonyl (C=O) groups excluding carboxylic acids is 3. The summed E-state index contributed by atoms with van der Waals surface area (Å²) in [5.74, 6) is -0.910. The summed E-state index contributed by atoms with van der Waals surface area (Å²) < 4.78 is 16.9. The summed E-state index contributed by atoms with van der Waals surface area (Å²) in [6, 6.07) is 0. The van der Waals surface area contributed by atoms with Gasteiger partial charge in [0.1, 0.15) is 13.2 Å². The van der Waals surface area contributed by atoms with Crippen LogP contribution in [-0.4, -0.2) is 37.2 Å². The van der Waals surface area contributed by atoms with Gasteiger partial charge in [-0.15, -0.1) is 0 Å². The van der Waals surface area contributed by atoms with E-state index in [1.807, 2.05) is 0 Å². The van der Waals surface area contributed by atoms with Gasteiger partial charge in [-0.3, -0.25) is 14.4 Å². The molecule has 0 aromatic heterocycles. The quantitative estimate of drug-likeness (QED) is 0.0261. The predicted octanol–water partition coefficient (Wildman–Crippen LogP) is 21.9. The minimum absolute atomic E-state index is 0.0884. The Balaban J connectivity index is 4.34. The lowest BCUT2D eigenvalue weighted by molar-refractivity contribution is -0.167. The number of hydrogen-bond acceptors (Lipinski definition) is 6. The number of hydrogen-bond donors (Lipinski definition) is 0. The first kappa shape index (κ1) is 71.6. The van der Waals surface area contributed by atoms with Crippen LogP contribution in [0.25, 0.3) is 0 Å². The van der Waals surface area contributed by atoms with Gasteiger partial charge < -0.3 is 14.2 Å². The number of allylic oxidation sites excluding steroid dienone is 14. The average Bonchev–Trinajstić information content (AvgIpc) is 3.41. The molecule has 75 heavy (non-hydrogen) atoms. The van der Waals surface area contributed by atoms with E-state index in [-0.39, 0.29) is 31.1 Å². The van der Waals surface area contributed by atoms with Crippen molar-refractivity contribution >= 4 is 17.9 Å². The molecule has 0 saturated heterocycles. The second-order valence-corrected chi connectivity index (χ2v) is 21.3. The molecule has 6 heteroatoms. The highest BCUT2D eigenvalue weighted by atomic mass is 16.6. The second-order valence-electron chi connectivity index (χ2n) is 21.3. The highest BCUT2D eigenvalue weighted by Crippen LogP contribution is 2.16. The fourth-order valence-corrected chi connectivity index (χ4v) is 9.05. The molecule has 0 rings (SSSR count). The molecule has 0 amide bonds. The van der Waals surface area contributed by atoms with E-state index >= 15 is 0 Å². The van der Waals surface area contributed by atoms with E-state index in [1.165, 1.54) is 167 Å². The van der Waals surface area contributed by atoms with Crippen LogP contribution < -0.4 is 0 Å². The summed E-state index contributed by atoms with van der Waals surface area (Å²) in [6.07, 6.45) is 83.0. The lowest BCUT2D eigenvalue weighted by Crippen LogP contribution is -2.30. The molecule has 0 N–H and O–H groups in total. The smallest absolute Gasteiger partial charge is 0.306 e. The number of esters is 3. The van der Waals surface area contributed by atoms with Crippen LogP contribution in [0, 0.1) is 0 Å². The van der Waals surface area contributed by atoms with E-state index in [0.717, 1.165) is 109 Å². The lowest BCUT2D eigenvalue weighted by Gasteiger charge is -2.18. The Morgan fingerprint density at radius 2 is 0.520 bits per heavy atom. The third-order valence-electron chi connectivity index (χ3n) is 13.9. The van der Waals surface area contributed by atoms with Gasteiger partial charge >= 0.3 is 17.9 Å². The summed E-state index contributed by atoms with van der Waals surface area (Å²) in [5, 5.41) is 0. The second kappa shape index (κ2) is 63.1. The fourth-order valence-electron chi connectivity index (χ4n) is 9.05. The Labute approximate surface area is 465 Å². The van der Waals surface area contributed by atoms with Crippen molar-refractivity contribution in [3.63, 3.8) is 0 Å². The number of rotatable bonds is 58. The zero-order chi connectivity index (χ0) is 54.3. The highest BCUT2D eigenvalue weighted by Gasteiger charge is 2.19. The molecule has 0 aliphatic rings. The van der Waals surface area contributed by atoms with Crippen LogP contribution in [0.15, 0.2) is 85.1 Å². The van der Waals surface area contributed by atoms with Crippen molar-refractivity contribution in [3.8, 4) is 0 Å². The third-order valence-corrected chi connectivity index (χ3v) is 13.9. The van der Waals surface area contributed by atoms with Crippen LogP contribution >= 0.6 is 0 Å². The summed E-state index contributed by atoms with van der Waals surface area (Å²) in [4.78, 5) is 38.3. The number of unbranched alkanes of at least 4 members (excludes halogenated alkanes) is 33. The molecule has 6 nitrogen and oxygen atoms in total. The van der Waals surface area contributed by atoms with Crippen LogP contribution in [0.2, 0.25) is 0 Å². The van der Waals surface area contributed by atoms with E-state index in [4.69, 9.17) is 14.2 Å². The molecule has 432 valence electrons. The molecule has 0 aliphatic carbocycles. The van der Waals surface area contributed by atoms with Crippen molar-refractivity contribution in [2.24, 2.45) is 0 Å². The number of ether oxygens (including phenoxy) is 3. The van der Waals surface area contributed by atoms with E-state index in [9.17, 15) is 14.4 Å². The minimum atomic E-state index is -0.794. The normalized spacial score (nSPS) is 12.6. The van der Waals surface area contributed by atoms with E-state index < -0.39 is 6.10 Å². The maximum atomic E-state index is 12.9. The largest absolute Gasteiger partial charge is 0.462 e. The molecule has 0 fully saturated rings. The van der Waals surface area contributed by atoms with Crippen molar-refractivity contribution in [2.75, 3.05) is 13.2 Å². The molecule has 0 aliphatic heterocycles. The van der Waals surface area contributed by atoms with Crippen LogP contribution in [0.1, 0.15) is 316 Å². The molecular weight excluding hydrogens is 925 g/mol. The Hall–Kier alpha value is -3.41. The molecule has 1 atom stereocenters. The van der Waals surface area contributed by atoms with Crippen LogP contribution in [-0.2, 0) is 28.6 Å². The van der Waals surface area contributed by atoms with Gasteiger partial charge in [0.25, 0.3) is 0 Å². The molecule has 0 aromatic rings. The van der Waals surface area contributed by atoms with E-state index in [1.54, 1.807) is 0 Å². The zero-order valence-electron chi connectivity index (χ0n) is 49.6. The Morgan fingerprint density at radius 3 is 0.827 bits per heavy atom. The molecule has 0 radical (unpaired) electrons. The van der Waals surface area contributed by atoms with Crippen molar-refractivity contribution < 1.29 is 28.6 Å². The molecule has 0 saturated carbocycles. The first-order valence-electron chi connectivity index (χ1n) is 32.1. The molecule has 0 aromatic carbocycles. The highest BCUT2D eigenvalue weighted by molar-refractivity contribution is 5.71. The molecular formula is C69H120O6. The van der Waals surface area contributed by atoms with Gasteiger partial charge in [-0.05, 0) is 116 Å². The van der Waals surface area contributed by atoms with Crippen LogP contribution in [0.4, 0.5) is 0 Å². The van der Waals surface area contributed by atoms with Gasteiger partial charge in [0.05, 0.1) is 0 Å². The average molecular weight is 1050 g/mol. The van der Waals surface area contributed by atoms with Crippen molar-refractivity contribution in [1.82, 2.24) is 0 Å². The predicted molar refractivity (Wildman–Crippen MR) is 325 cm³/mol. The standard InChI is InChI=1S/C69H120O6/c1-4-7-10-13-16-19-22-25-28-30-31-32-33-34-35-36-37-39-41-44-47-50-53-56-59-62-68(71)74-65-66(64-73-67(70)61-58-55-52-49-46-43-40-27-24-21-18-15-12-9-6-3)75-69(72)63-60-57-54-51-48-45-42-38-29-26-23-20-17-14-11-8-5-2/h8,11,17,20,22,25-27,29-31,40,42,45,66H,4-7,9-10,12-16,18-19,21,23-24,28,32-39,41,43-44,46-65H2,1-3H3/b11-8-,20-17-,25-22-,29-26-,31-30-,40-27-,45-42-. The third kappa shape index (κ3) is 61.3. The van der Waals surface area contributed by atoms with Gasteiger partial charge in [-0.1, -0.05) is 266 Å². The minimum Gasteiger partial charge on any atom is -0.462 e. The molecule has 0 bridgehead atoms. The maximum absolute atomic E-state index is 12.9. The summed E-state index contributed by atoms with van der Waals surface area (Å²) in [5.41, 5.74) is 0. The van der Waals surface area contributed by atoms with Gasteiger partial charge in [-0.25, -0.2) is 0 Å². The first-order valence-corrected chi connectivity index (χ1v) is 32.1. The van der Waals surface area contributed by atoms with Gasteiger partial charge in [0, 0.05) is 19.3 Å². The van der Waals surface area contributed by atoms with Gasteiger partial charge in [0.15, 0.2) is 6.10 Å². The van der Waals surface area contributed by atoms with Crippen LogP contribution in [0.5, 0.6) is 0 Å². The van der Waals surface area contributed by atoms with Crippen molar-refractivity contribution in [1.29, 1.82) is 0 Å². The summed E-state index contributed by atoms with van der Waals surface area (Å²) >= 11 is 0. The number of carbonyl (C=O) groups is 3. The monoisotopic (exact) mass is 1040 g/mol. The Morgan fingerprint density at radius 1 is 0.280 bits per heavy atom. The zero-order valence-corrected chi connectivity index (χ0v) is 49.6. The molecule has 1 unspecified atom stereocenters. The lowest BCUT2D eigenvalue weighted by atomic mass is 10.0. The topological polar surface area (TPSA) is 78.9 Å². The van der Waals surface area contributed by atoms with Gasteiger partial charge in [-0.2, -0.15) is 0 Å². The Bertz CT molecular complexity index is 1430. The maximum Gasteiger partial charge on any atom is 0.306 e. The van der Waals surface area contributed by atoms with E-state index in [2.05, 4.69) is 106 Å². The van der Waals surface area contributed by atoms with Crippen molar-refractivity contribution in [2.45, 2.75) is 322 Å². The fraction of sp³-hybridized carbons (Fsp3) is 0.754. The molecule has 0 heterocycles. The Kier molecular flexibility index (Phi) is 60.3. The SMILES string of the molecule is CC/C=C\C/C=C\C/C=C\C/C=C\CCCCCCC(=O)OC(COC(=O)CCCCCCC/C=C\CCCCCCCC)COC(=O)CCCCCCCCCCCCCCC/C=C\C/C=C\CCCCCCC. The summed E-state index contributed by atoms with van der Waals surface area (Å²) in [7, 11) is 0. The summed E-state index contributed by atoms with van der Waals surface area (Å²) in [6.45, 7) is 6.51. The van der Waals surface area contributed by atoms with Crippen LogP contribution in [0.3, 0.4) is 0 Å². The molecule has 0 spiro atoms. The first-order chi connectivity index (χ1) is 37.0.